The smallest absolute Gasteiger partial charge is 0.203 e. The number of benzene rings is 1. The van der Waals surface area contributed by atoms with Crippen molar-refractivity contribution in [3.63, 3.8) is 0 Å². The van der Waals surface area contributed by atoms with Crippen molar-refractivity contribution < 1.29 is 0 Å². The Kier molecular flexibility index (Phi) is 2.89. The largest absolute Gasteiger partial charge is 0.374 e. The van der Waals surface area contributed by atoms with E-state index in [1.54, 1.807) is 0 Å². The van der Waals surface area contributed by atoms with Crippen molar-refractivity contribution in [1.82, 2.24) is 10.2 Å². The molecule has 1 aromatic carbocycles. The molecule has 0 saturated heterocycles. The summed E-state index contributed by atoms with van der Waals surface area (Å²) >= 11 is 9.48. The van der Waals surface area contributed by atoms with Crippen LogP contribution in [-0.2, 0) is 0 Å². The Morgan fingerprint density at radius 3 is 2.64 bits per heavy atom. The molecule has 0 amide bonds. The number of nitrogens with two attached hydrogens (primary N) is 1. The van der Waals surface area contributed by atoms with Gasteiger partial charge >= 0.3 is 0 Å². The molecule has 0 unspecified atom stereocenters. The van der Waals surface area contributed by atoms with Crippen LogP contribution in [0, 0.1) is 3.57 Å². The number of hydrogen-bond donors (Lipinski definition) is 1. The fourth-order valence-corrected chi connectivity index (χ4v) is 2.72. The molecule has 0 saturated carbocycles. The average molecular weight is 338 g/mol. The molecule has 0 atom stereocenters. The monoisotopic (exact) mass is 337 g/mol. The molecule has 72 valence electrons. The summed E-state index contributed by atoms with van der Waals surface area (Å²) in [5.41, 5.74) is 6.46. The first-order valence-corrected chi connectivity index (χ1v) is 5.98. The highest BCUT2D eigenvalue weighted by Gasteiger charge is 2.06. The minimum absolute atomic E-state index is 0.468. The maximum Gasteiger partial charge on any atom is 0.203 e. The summed E-state index contributed by atoms with van der Waals surface area (Å²) in [6.07, 6.45) is 0. The van der Waals surface area contributed by atoms with Crippen molar-refractivity contribution in [3.8, 4) is 10.6 Å². The highest BCUT2D eigenvalue weighted by atomic mass is 127. The van der Waals surface area contributed by atoms with Crippen LogP contribution in [0.4, 0.5) is 5.13 Å². The molecule has 0 aliphatic heterocycles. The van der Waals surface area contributed by atoms with Gasteiger partial charge in [0.05, 0.1) is 0 Å². The summed E-state index contributed by atoms with van der Waals surface area (Å²) in [4.78, 5) is 0. The molecule has 2 N–H and O–H groups in total. The van der Waals surface area contributed by atoms with Crippen LogP contribution in [0.2, 0.25) is 5.02 Å². The average Bonchev–Trinajstić information content (AvgIpc) is 2.50. The van der Waals surface area contributed by atoms with Gasteiger partial charge in [-0.05, 0) is 40.8 Å². The molecular formula is C8H5ClIN3S. The number of anilines is 1. The number of hydrogen-bond acceptors (Lipinski definition) is 4. The lowest BCUT2D eigenvalue weighted by atomic mass is 10.2. The molecule has 1 heterocycles. The minimum atomic E-state index is 0.468. The van der Waals surface area contributed by atoms with E-state index in [4.69, 9.17) is 17.3 Å². The lowest BCUT2D eigenvalue weighted by Crippen LogP contribution is -1.80. The summed E-state index contributed by atoms with van der Waals surface area (Å²) in [6.45, 7) is 0. The molecular weight excluding hydrogens is 333 g/mol. The topological polar surface area (TPSA) is 51.8 Å². The first kappa shape index (κ1) is 10.1. The second kappa shape index (κ2) is 4.00. The maximum atomic E-state index is 5.93. The van der Waals surface area contributed by atoms with Gasteiger partial charge in [0.2, 0.25) is 5.13 Å². The number of halogens is 2. The lowest BCUT2D eigenvalue weighted by Gasteiger charge is -1.97. The van der Waals surface area contributed by atoms with Crippen LogP contribution in [0.3, 0.4) is 0 Å². The van der Waals surface area contributed by atoms with Gasteiger partial charge in [0.1, 0.15) is 5.01 Å². The van der Waals surface area contributed by atoms with Crippen molar-refractivity contribution in [2.75, 3.05) is 5.73 Å². The van der Waals surface area contributed by atoms with Crippen molar-refractivity contribution in [3.05, 3.63) is 26.8 Å². The Labute approximate surface area is 103 Å². The van der Waals surface area contributed by atoms with E-state index in [0.717, 1.165) is 14.1 Å². The first-order chi connectivity index (χ1) is 6.65. The minimum Gasteiger partial charge on any atom is -0.374 e. The van der Waals surface area contributed by atoms with Gasteiger partial charge in [0.15, 0.2) is 0 Å². The van der Waals surface area contributed by atoms with Gasteiger partial charge < -0.3 is 5.73 Å². The summed E-state index contributed by atoms with van der Waals surface area (Å²) in [5, 5.41) is 9.66. The Hall–Kier alpha value is -0.400. The first-order valence-electron chi connectivity index (χ1n) is 3.70. The molecule has 0 bridgehead atoms. The second-order valence-electron chi connectivity index (χ2n) is 2.60. The van der Waals surface area contributed by atoms with E-state index in [0.29, 0.717) is 10.2 Å². The van der Waals surface area contributed by atoms with Crippen LogP contribution < -0.4 is 5.73 Å². The van der Waals surface area contributed by atoms with Gasteiger partial charge in [-0.25, -0.2) is 0 Å². The molecule has 14 heavy (non-hydrogen) atoms. The zero-order chi connectivity index (χ0) is 10.1. The molecule has 0 spiro atoms. The predicted molar refractivity (Wildman–Crippen MR) is 67.5 cm³/mol. The molecule has 1 aromatic heterocycles. The van der Waals surface area contributed by atoms with Crippen molar-refractivity contribution in [2.45, 2.75) is 0 Å². The van der Waals surface area contributed by atoms with Gasteiger partial charge in [-0.15, -0.1) is 10.2 Å². The van der Waals surface area contributed by atoms with Gasteiger partial charge in [-0.1, -0.05) is 22.9 Å². The van der Waals surface area contributed by atoms with Crippen molar-refractivity contribution in [2.24, 2.45) is 0 Å². The maximum absolute atomic E-state index is 5.93. The molecule has 0 fully saturated rings. The van der Waals surface area contributed by atoms with E-state index >= 15 is 0 Å². The molecule has 0 radical (unpaired) electrons. The van der Waals surface area contributed by atoms with Crippen LogP contribution >= 0.6 is 45.5 Å². The molecule has 0 aliphatic carbocycles. The van der Waals surface area contributed by atoms with E-state index < -0.39 is 0 Å². The Morgan fingerprint density at radius 1 is 1.29 bits per heavy atom. The molecule has 2 aromatic rings. The highest BCUT2D eigenvalue weighted by molar-refractivity contribution is 14.1. The normalized spacial score (nSPS) is 10.4. The van der Waals surface area contributed by atoms with Gasteiger partial charge in [0, 0.05) is 14.2 Å². The fraction of sp³-hybridized carbons (Fsp3) is 0. The summed E-state index contributed by atoms with van der Waals surface area (Å²) in [7, 11) is 0. The molecule has 6 heteroatoms. The van der Waals surface area contributed by atoms with Crippen LogP contribution in [0.15, 0.2) is 18.2 Å². The van der Waals surface area contributed by atoms with Crippen LogP contribution in [0.25, 0.3) is 10.6 Å². The third-order valence-corrected chi connectivity index (χ3v) is 3.19. The fourth-order valence-electron chi connectivity index (χ4n) is 1.03. The third-order valence-electron chi connectivity index (χ3n) is 1.55. The second-order valence-corrected chi connectivity index (χ2v) is 5.29. The van der Waals surface area contributed by atoms with Gasteiger partial charge in [-0.2, -0.15) is 0 Å². The summed E-state index contributed by atoms with van der Waals surface area (Å²) in [5.74, 6) is 0. The number of nitrogen functional groups attached to an aromatic ring is 1. The van der Waals surface area contributed by atoms with Crippen LogP contribution in [0.5, 0.6) is 0 Å². The predicted octanol–water partition coefficient (Wildman–Crippen LogP) is 3.05. The zero-order valence-electron chi connectivity index (χ0n) is 6.87. The van der Waals surface area contributed by atoms with Crippen molar-refractivity contribution >= 4 is 50.7 Å². The van der Waals surface area contributed by atoms with Crippen LogP contribution in [0.1, 0.15) is 0 Å². The van der Waals surface area contributed by atoms with E-state index in [-0.39, 0.29) is 0 Å². The third kappa shape index (κ3) is 2.15. The number of nitrogens with zero attached hydrogens (tertiary/aromatic N) is 2. The molecule has 3 nitrogen and oxygen atoms in total. The van der Waals surface area contributed by atoms with Gasteiger partial charge in [-0.3, -0.25) is 0 Å². The molecule has 2 rings (SSSR count). The summed E-state index contributed by atoms with van der Waals surface area (Å²) in [6, 6.07) is 5.73. The Bertz CT molecular complexity index is 451. The quantitative estimate of drug-likeness (QED) is 0.814. The van der Waals surface area contributed by atoms with Crippen LogP contribution in [-0.4, -0.2) is 10.2 Å². The SMILES string of the molecule is Nc1nnc(-c2cc(Cl)cc(I)c2)s1. The summed E-state index contributed by atoms with van der Waals surface area (Å²) < 4.78 is 1.07. The van der Waals surface area contributed by atoms with Crippen molar-refractivity contribution in [1.29, 1.82) is 0 Å². The van der Waals surface area contributed by atoms with E-state index in [9.17, 15) is 0 Å². The zero-order valence-corrected chi connectivity index (χ0v) is 10.6. The highest BCUT2D eigenvalue weighted by Crippen LogP contribution is 2.28. The Balaban J connectivity index is 2.51. The number of rotatable bonds is 1. The lowest BCUT2D eigenvalue weighted by molar-refractivity contribution is 1.10. The standard InChI is InChI=1S/C8H5ClIN3S/c9-5-1-4(2-6(10)3-5)7-12-13-8(11)14-7/h1-3H,(H2,11,13). The Morgan fingerprint density at radius 2 is 2.07 bits per heavy atom. The van der Waals surface area contributed by atoms with Gasteiger partial charge in [0.25, 0.3) is 0 Å². The molecule has 0 aliphatic rings. The van der Waals surface area contributed by atoms with E-state index in [2.05, 4.69) is 32.8 Å². The van der Waals surface area contributed by atoms with E-state index in [1.807, 2.05) is 18.2 Å². The van der Waals surface area contributed by atoms with E-state index in [1.165, 1.54) is 11.3 Å². The number of aromatic nitrogens is 2.